The normalized spacial score (nSPS) is 19.9. The summed E-state index contributed by atoms with van der Waals surface area (Å²) in [5, 5.41) is 4.07. The molecule has 1 aliphatic rings. The zero-order valence-corrected chi connectivity index (χ0v) is 13.4. The van der Waals surface area contributed by atoms with Crippen molar-refractivity contribution >= 4 is 58.4 Å². The van der Waals surface area contributed by atoms with E-state index < -0.39 is 28.3 Å². The summed E-state index contributed by atoms with van der Waals surface area (Å²) < 4.78 is 31.8. The van der Waals surface area contributed by atoms with Gasteiger partial charge in [-0.15, -0.1) is 0 Å². The summed E-state index contributed by atoms with van der Waals surface area (Å²) in [6.45, 7) is -0.0105. The van der Waals surface area contributed by atoms with Crippen molar-refractivity contribution in [1.29, 1.82) is 0 Å². The van der Waals surface area contributed by atoms with Gasteiger partial charge in [0.1, 0.15) is 19.8 Å². The molecule has 1 aliphatic heterocycles. The quantitative estimate of drug-likeness (QED) is 0.152. The molecule has 0 aromatic heterocycles. The Morgan fingerprint density at radius 2 is 2.00 bits per heavy atom. The molecule has 1 N–H and O–H groups in total. The van der Waals surface area contributed by atoms with Gasteiger partial charge in [0.05, 0.1) is 6.21 Å². The van der Waals surface area contributed by atoms with Gasteiger partial charge in [-0.2, -0.15) is 8.42 Å². The second-order valence-electron chi connectivity index (χ2n) is 4.71. The van der Waals surface area contributed by atoms with Crippen LogP contribution in [-0.2, 0) is 36.2 Å². The van der Waals surface area contributed by atoms with Gasteiger partial charge >= 0.3 is 39.9 Å². The van der Waals surface area contributed by atoms with E-state index in [1.54, 1.807) is 30.3 Å². The first-order chi connectivity index (χ1) is 11.4. The van der Waals surface area contributed by atoms with Gasteiger partial charge in [0.2, 0.25) is 6.41 Å². The van der Waals surface area contributed by atoms with Crippen molar-refractivity contribution in [3.63, 3.8) is 0 Å². The number of nitrogens with zero attached hydrogens (tertiary/aromatic N) is 3. The number of carbonyl (C=O) groups is 2. The summed E-state index contributed by atoms with van der Waals surface area (Å²) in [4.78, 5) is 32.9. The summed E-state index contributed by atoms with van der Waals surface area (Å²) >= 11 is 0. The molecule has 0 aliphatic carbocycles. The van der Waals surface area contributed by atoms with E-state index in [4.69, 9.17) is 9.39 Å². The Morgan fingerprint density at radius 3 is 2.52 bits per heavy atom. The van der Waals surface area contributed by atoms with Gasteiger partial charge < -0.3 is 4.84 Å². The van der Waals surface area contributed by atoms with Crippen molar-refractivity contribution in [2.24, 2.45) is 5.16 Å². The molecule has 0 unspecified atom stereocenters. The molecule has 12 heteroatoms. The van der Waals surface area contributed by atoms with Crippen LogP contribution in [0, 0.1) is 0 Å². The third kappa shape index (κ3) is 5.00. The van der Waals surface area contributed by atoms with Crippen LogP contribution in [0.5, 0.6) is 0 Å². The van der Waals surface area contributed by atoms with E-state index in [0.717, 1.165) is 11.8 Å². The van der Waals surface area contributed by atoms with Crippen LogP contribution in [0.25, 0.3) is 0 Å². The summed E-state index contributed by atoms with van der Waals surface area (Å²) in [5.74, 6) is -1.02. The number of amides is 2. The first-order valence-corrected chi connectivity index (χ1v) is 8.07. The van der Waals surface area contributed by atoms with Crippen LogP contribution in [0.15, 0.2) is 35.5 Å². The zero-order valence-electron chi connectivity index (χ0n) is 12.5. The summed E-state index contributed by atoms with van der Waals surface area (Å²) in [5.41, 5.74) is 0.741. The molecule has 1 fully saturated rings. The van der Waals surface area contributed by atoms with Gasteiger partial charge in [-0.3, -0.25) is 19.0 Å². The van der Waals surface area contributed by atoms with Gasteiger partial charge in [-0.25, -0.2) is 9.37 Å². The first kappa shape index (κ1) is 21.5. The van der Waals surface area contributed by atoms with Crippen LogP contribution in [-0.4, -0.2) is 89.6 Å². The molecule has 2 amide bonds. The van der Waals surface area contributed by atoms with Gasteiger partial charge in [-0.05, 0) is 5.56 Å². The van der Waals surface area contributed by atoms with Crippen LogP contribution < -0.4 is 0 Å². The fourth-order valence-corrected chi connectivity index (χ4v) is 2.97. The van der Waals surface area contributed by atoms with Gasteiger partial charge in [0, 0.05) is 0 Å². The van der Waals surface area contributed by atoms with E-state index in [-0.39, 0.29) is 46.9 Å². The second-order valence-corrected chi connectivity index (χ2v) is 6.00. The molecular formula is C13H16N3NaO7S. The number of benzene rings is 1. The third-order valence-corrected chi connectivity index (χ3v) is 4.15. The summed E-state index contributed by atoms with van der Waals surface area (Å²) in [6, 6.07) is 6.32. The molecule has 132 valence electrons. The van der Waals surface area contributed by atoms with Crippen LogP contribution in [0.3, 0.4) is 0 Å². The van der Waals surface area contributed by atoms with Gasteiger partial charge in [0.25, 0.3) is 5.91 Å². The second kappa shape index (κ2) is 9.27. The monoisotopic (exact) mass is 381 g/mol. The average Bonchev–Trinajstić information content (AvgIpc) is 2.54. The predicted octanol–water partition coefficient (Wildman–Crippen LogP) is -1.06. The van der Waals surface area contributed by atoms with E-state index >= 15 is 0 Å². The molecule has 10 nitrogen and oxygen atoms in total. The Morgan fingerprint density at radius 1 is 1.36 bits per heavy atom. The molecule has 1 aromatic carbocycles. The van der Waals surface area contributed by atoms with Crippen molar-refractivity contribution in [2.45, 2.75) is 18.7 Å². The van der Waals surface area contributed by atoms with E-state index in [1.165, 1.54) is 7.11 Å². The molecule has 0 spiro atoms. The van der Waals surface area contributed by atoms with Crippen molar-refractivity contribution in [3.8, 4) is 0 Å². The number of oxime groups is 1. The standard InChI is InChI=1S/C13H15N3O7S.Na.H/c1-22-14-7-11-12(13(18)16(11)24(19,20)21)15(9-17)23-8-10-5-3-2-4-6-10;;/h2-7,9,11-12H,8H2,1H3,(H,19,20,21);;/t11-,12+;;/m1../s1. The number of hydroxylamine groups is 2. The maximum atomic E-state index is 12.0. The third-order valence-electron chi connectivity index (χ3n) is 3.23. The van der Waals surface area contributed by atoms with E-state index in [2.05, 4.69) is 9.99 Å². The summed E-state index contributed by atoms with van der Waals surface area (Å²) in [7, 11) is -3.58. The minimum atomic E-state index is -4.80. The van der Waals surface area contributed by atoms with Crippen LogP contribution in [0.4, 0.5) is 0 Å². The van der Waals surface area contributed by atoms with Crippen molar-refractivity contribution < 1.29 is 32.2 Å². The Labute approximate surface area is 166 Å². The van der Waals surface area contributed by atoms with Crippen LogP contribution in [0.1, 0.15) is 5.56 Å². The SMILES string of the molecule is CON=C[C@@H]1[C@H](N(C=O)OCc2ccccc2)C(=O)N1S(=O)(=O)O.[NaH]. The topological polar surface area (TPSA) is 126 Å². The molecule has 2 rings (SSSR count). The van der Waals surface area contributed by atoms with Gasteiger partial charge in [-0.1, -0.05) is 35.5 Å². The van der Waals surface area contributed by atoms with Crippen molar-refractivity contribution in [1.82, 2.24) is 9.37 Å². The molecule has 0 bridgehead atoms. The summed E-state index contributed by atoms with van der Waals surface area (Å²) in [6.07, 6.45) is 1.22. The Balaban J connectivity index is 0.00000312. The minimum absolute atomic E-state index is 0. The molecule has 1 aromatic rings. The van der Waals surface area contributed by atoms with Crippen LogP contribution >= 0.6 is 0 Å². The van der Waals surface area contributed by atoms with Crippen molar-refractivity contribution in [3.05, 3.63) is 35.9 Å². The number of hydrogen-bond acceptors (Lipinski definition) is 7. The number of hydrogen-bond donors (Lipinski definition) is 1. The van der Waals surface area contributed by atoms with Crippen LogP contribution in [0.2, 0.25) is 0 Å². The van der Waals surface area contributed by atoms with E-state index in [0.29, 0.717) is 5.06 Å². The van der Waals surface area contributed by atoms with E-state index in [1.807, 2.05) is 0 Å². The number of rotatable bonds is 8. The zero-order chi connectivity index (χ0) is 17.7. The predicted molar refractivity (Wildman–Crippen MR) is 87.8 cm³/mol. The molecule has 0 radical (unpaired) electrons. The Hall–Kier alpha value is -1.50. The Kier molecular flexibility index (Phi) is 7.99. The molecule has 1 heterocycles. The average molecular weight is 381 g/mol. The Bertz CT molecular complexity index is 728. The van der Waals surface area contributed by atoms with Crippen molar-refractivity contribution in [2.75, 3.05) is 7.11 Å². The molecule has 0 saturated carbocycles. The molecular weight excluding hydrogens is 365 g/mol. The first-order valence-electron chi connectivity index (χ1n) is 6.68. The fourth-order valence-electron chi connectivity index (χ4n) is 2.16. The van der Waals surface area contributed by atoms with E-state index in [9.17, 15) is 18.0 Å². The molecule has 1 saturated heterocycles. The fraction of sp³-hybridized carbons (Fsp3) is 0.308. The maximum absolute atomic E-state index is 12.0. The molecule has 25 heavy (non-hydrogen) atoms. The van der Waals surface area contributed by atoms with Gasteiger partial charge in [0.15, 0.2) is 6.04 Å². The molecule has 2 atom stereocenters. The number of carbonyl (C=O) groups excluding carboxylic acids is 2. The number of β-lactam (4-membered cyclic amide) rings is 1.